The summed E-state index contributed by atoms with van der Waals surface area (Å²) in [5.74, 6) is 1.38. The van der Waals surface area contributed by atoms with Crippen molar-refractivity contribution < 1.29 is 19.1 Å². The van der Waals surface area contributed by atoms with Crippen LogP contribution in [-0.4, -0.2) is 42.5 Å². The van der Waals surface area contributed by atoms with Crippen LogP contribution in [0.3, 0.4) is 0 Å². The molecular weight excluding hydrogens is 520 g/mol. The van der Waals surface area contributed by atoms with Gasteiger partial charge >= 0.3 is 0 Å². The Labute approximate surface area is 223 Å². The van der Waals surface area contributed by atoms with Gasteiger partial charge in [0, 0.05) is 12.6 Å². The molecule has 6 nitrogen and oxygen atoms in total. The van der Waals surface area contributed by atoms with Crippen molar-refractivity contribution in [1.82, 2.24) is 10.2 Å². The SMILES string of the molecule is CC[C@H](C(=O)NC1CCCCC1)N(Cc1cccc(OC)c1)C(=O)COc1ccc(C(C)C)cc1Br. The maximum Gasteiger partial charge on any atom is 0.261 e. The van der Waals surface area contributed by atoms with E-state index in [0.29, 0.717) is 30.4 Å². The Morgan fingerprint density at radius 2 is 1.86 bits per heavy atom. The van der Waals surface area contributed by atoms with Crippen LogP contribution in [0.15, 0.2) is 46.9 Å². The van der Waals surface area contributed by atoms with Gasteiger partial charge in [-0.15, -0.1) is 0 Å². The number of hydrogen-bond acceptors (Lipinski definition) is 4. The maximum atomic E-state index is 13.5. The van der Waals surface area contributed by atoms with E-state index in [1.54, 1.807) is 12.0 Å². The molecule has 1 atom stereocenters. The Kier molecular flexibility index (Phi) is 10.7. The molecule has 1 N–H and O–H groups in total. The molecule has 0 radical (unpaired) electrons. The minimum Gasteiger partial charge on any atom is -0.497 e. The Bertz CT molecular complexity index is 1020. The number of nitrogens with one attached hydrogen (secondary N) is 1. The van der Waals surface area contributed by atoms with E-state index in [2.05, 4.69) is 35.1 Å². The molecule has 0 aliphatic heterocycles. The molecule has 2 amide bonds. The van der Waals surface area contributed by atoms with Crippen molar-refractivity contribution in [3.05, 3.63) is 58.1 Å². The molecule has 1 fully saturated rings. The zero-order valence-electron chi connectivity index (χ0n) is 21.9. The second-order valence-electron chi connectivity index (χ2n) is 9.77. The van der Waals surface area contributed by atoms with Gasteiger partial charge in [-0.2, -0.15) is 0 Å². The zero-order valence-corrected chi connectivity index (χ0v) is 23.5. The molecule has 0 bridgehead atoms. The predicted octanol–water partition coefficient (Wildman–Crippen LogP) is 6.22. The first kappa shape index (κ1) is 28.0. The molecule has 1 aliphatic rings. The van der Waals surface area contributed by atoms with Gasteiger partial charge in [-0.3, -0.25) is 9.59 Å². The molecule has 2 aromatic rings. The molecule has 0 aromatic heterocycles. The Hall–Kier alpha value is -2.54. The van der Waals surface area contributed by atoms with Crippen LogP contribution in [-0.2, 0) is 16.1 Å². The van der Waals surface area contributed by atoms with Crippen LogP contribution in [0.4, 0.5) is 0 Å². The van der Waals surface area contributed by atoms with Gasteiger partial charge in [-0.05, 0) is 76.5 Å². The van der Waals surface area contributed by atoms with Gasteiger partial charge in [0.05, 0.1) is 11.6 Å². The maximum absolute atomic E-state index is 13.5. The average molecular weight is 560 g/mol. The van der Waals surface area contributed by atoms with Crippen molar-refractivity contribution in [3.8, 4) is 11.5 Å². The first-order valence-corrected chi connectivity index (χ1v) is 13.8. The van der Waals surface area contributed by atoms with E-state index in [1.807, 2.05) is 49.4 Å². The van der Waals surface area contributed by atoms with Gasteiger partial charge in [0.2, 0.25) is 5.91 Å². The first-order chi connectivity index (χ1) is 17.3. The lowest BCUT2D eigenvalue weighted by molar-refractivity contribution is -0.143. The molecule has 2 aromatic carbocycles. The van der Waals surface area contributed by atoms with Gasteiger partial charge in [0.1, 0.15) is 17.5 Å². The summed E-state index contributed by atoms with van der Waals surface area (Å²) in [4.78, 5) is 28.5. The lowest BCUT2D eigenvalue weighted by atomic mass is 9.95. The third-order valence-corrected chi connectivity index (χ3v) is 7.42. The van der Waals surface area contributed by atoms with Crippen LogP contribution in [0, 0.1) is 0 Å². The fraction of sp³-hybridized carbons (Fsp3) is 0.517. The molecule has 0 spiro atoms. The molecule has 7 heteroatoms. The second-order valence-corrected chi connectivity index (χ2v) is 10.6. The summed E-state index contributed by atoms with van der Waals surface area (Å²) in [5, 5.41) is 3.21. The number of amides is 2. The van der Waals surface area contributed by atoms with E-state index < -0.39 is 6.04 Å². The van der Waals surface area contributed by atoms with Crippen molar-refractivity contribution >= 4 is 27.7 Å². The molecule has 0 saturated heterocycles. The standard InChI is InChI=1S/C29H39BrN2O4/c1-5-26(29(34)31-23-11-7-6-8-12-23)32(18-21-10-9-13-24(16-21)35-4)28(33)19-36-27-15-14-22(20(2)3)17-25(27)30/h9-10,13-17,20,23,26H,5-8,11-12,18-19H2,1-4H3,(H,31,34)/t26-/m1/s1. The molecule has 1 aliphatic carbocycles. The Balaban J connectivity index is 1.78. The van der Waals surface area contributed by atoms with E-state index in [1.165, 1.54) is 12.0 Å². The van der Waals surface area contributed by atoms with Crippen LogP contribution >= 0.6 is 15.9 Å². The van der Waals surface area contributed by atoms with Crippen molar-refractivity contribution in [3.63, 3.8) is 0 Å². The van der Waals surface area contributed by atoms with Gasteiger partial charge in [-0.1, -0.05) is 58.2 Å². The molecule has 3 rings (SSSR count). The summed E-state index contributed by atoms with van der Waals surface area (Å²) in [6.07, 6.45) is 5.99. The van der Waals surface area contributed by atoms with Crippen LogP contribution < -0.4 is 14.8 Å². The van der Waals surface area contributed by atoms with E-state index in [0.717, 1.165) is 35.7 Å². The highest BCUT2D eigenvalue weighted by Gasteiger charge is 2.30. The number of methoxy groups -OCH3 is 1. The van der Waals surface area contributed by atoms with E-state index in [-0.39, 0.29) is 24.5 Å². The summed E-state index contributed by atoms with van der Waals surface area (Å²) < 4.78 is 12.1. The highest BCUT2D eigenvalue weighted by molar-refractivity contribution is 9.10. The Morgan fingerprint density at radius 1 is 1.11 bits per heavy atom. The zero-order chi connectivity index (χ0) is 26.1. The number of nitrogens with zero attached hydrogens (tertiary/aromatic N) is 1. The number of benzene rings is 2. The fourth-order valence-corrected chi connectivity index (χ4v) is 5.16. The fourth-order valence-electron chi connectivity index (χ4n) is 4.65. The third-order valence-electron chi connectivity index (χ3n) is 6.80. The van der Waals surface area contributed by atoms with Gasteiger partial charge in [-0.25, -0.2) is 0 Å². The summed E-state index contributed by atoms with van der Waals surface area (Å²) in [6, 6.07) is 13.1. The largest absolute Gasteiger partial charge is 0.497 e. The van der Waals surface area contributed by atoms with E-state index in [9.17, 15) is 9.59 Å². The number of rotatable bonds is 11. The van der Waals surface area contributed by atoms with E-state index in [4.69, 9.17) is 9.47 Å². The number of carbonyl (C=O) groups excluding carboxylic acids is 2. The second kappa shape index (κ2) is 13.7. The highest BCUT2D eigenvalue weighted by Crippen LogP contribution is 2.29. The summed E-state index contributed by atoms with van der Waals surface area (Å²) in [6.45, 7) is 6.34. The lowest BCUT2D eigenvalue weighted by Gasteiger charge is -2.32. The van der Waals surface area contributed by atoms with Crippen molar-refractivity contribution in [2.24, 2.45) is 0 Å². The first-order valence-electron chi connectivity index (χ1n) is 13.0. The molecule has 0 heterocycles. The minimum atomic E-state index is -0.582. The minimum absolute atomic E-state index is 0.0943. The van der Waals surface area contributed by atoms with Crippen LogP contribution in [0.25, 0.3) is 0 Å². The van der Waals surface area contributed by atoms with Gasteiger partial charge in [0.25, 0.3) is 5.91 Å². The lowest BCUT2D eigenvalue weighted by Crippen LogP contribution is -2.52. The summed E-state index contributed by atoms with van der Waals surface area (Å²) in [5.41, 5.74) is 2.08. The number of halogens is 1. The monoisotopic (exact) mass is 558 g/mol. The van der Waals surface area contributed by atoms with Crippen molar-refractivity contribution in [1.29, 1.82) is 0 Å². The molecule has 36 heavy (non-hydrogen) atoms. The normalized spacial score (nSPS) is 14.8. The number of ether oxygens (including phenoxy) is 2. The van der Waals surface area contributed by atoms with Crippen LogP contribution in [0.1, 0.15) is 76.3 Å². The quantitative estimate of drug-likeness (QED) is 0.355. The van der Waals surface area contributed by atoms with E-state index >= 15 is 0 Å². The summed E-state index contributed by atoms with van der Waals surface area (Å²) in [7, 11) is 1.62. The van der Waals surface area contributed by atoms with Crippen LogP contribution in [0.2, 0.25) is 0 Å². The van der Waals surface area contributed by atoms with Gasteiger partial charge in [0.15, 0.2) is 6.61 Å². The summed E-state index contributed by atoms with van der Waals surface area (Å²) >= 11 is 3.57. The Morgan fingerprint density at radius 3 is 2.50 bits per heavy atom. The number of hydrogen-bond donors (Lipinski definition) is 1. The molecular formula is C29H39BrN2O4. The molecule has 1 saturated carbocycles. The van der Waals surface area contributed by atoms with Crippen molar-refractivity contribution in [2.45, 2.75) is 83.8 Å². The molecule has 196 valence electrons. The van der Waals surface area contributed by atoms with Crippen LogP contribution in [0.5, 0.6) is 11.5 Å². The molecule has 0 unspecified atom stereocenters. The topological polar surface area (TPSA) is 67.9 Å². The predicted molar refractivity (Wildman–Crippen MR) is 146 cm³/mol. The average Bonchev–Trinajstić information content (AvgIpc) is 2.88. The third kappa shape index (κ3) is 7.73. The van der Waals surface area contributed by atoms with Crippen molar-refractivity contribution in [2.75, 3.05) is 13.7 Å². The number of carbonyl (C=O) groups is 2. The smallest absolute Gasteiger partial charge is 0.261 e. The van der Waals surface area contributed by atoms with Gasteiger partial charge < -0.3 is 19.7 Å². The highest BCUT2D eigenvalue weighted by atomic mass is 79.9.